The lowest BCUT2D eigenvalue weighted by molar-refractivity contribution is 0.288. The molecule has 1 aromatic carbocycles. The quantitative estimate of drug-likeness (QED) is 0.797. The van der Waals surface area contributed by atoms with Gasteiger partial charge in [0, 0.05) is 23.1 Å². The third kappa shape index (κ3) is 4.63. The van der Waals surface area contributed by atoms with Crippen LogP contribution in [0.25, 0.3) is 0 Å². The Balaban J connectivity index is 2.84. The Hall–Kier alpha value is -0.510. The predicted octanol–water partition coefficient (Wildman–Crippen LogP) is 3.28. The average Bonchev–Trinajstić information content (AvgIpc) is 2.35. The van der Waals surface area contributed by atoms with Crippen LogP contribution in [-0.4, -0.2) is 23.0 Å². The number of rotatable bonds is 7. The van der Waals surface area contributed by atoms with Gasteiger partial charge >= 0.3 is 0 Å². The van der Waals surface area contributed by atoms with E-state index in [4.69, 9.17) is 10.8 Å². The summed E-state index contributed by atoms with van der Waals surface area (Å²) in [6, 6.07) is 8.75. The lowest BCUT2D eigenvalue weighted by Crippen LogP contribution is -2.27. The summed E-state index contributed by atoms with van der Waals surface area (Å²) in [7, 11) is 0. The Morgan fingerprint density at radius 2 is 2.11 bits per heavy atom. The van der Waals surface area contributed by atoms with Crippen molar-refractivity contribution in [2.75, 3.05) is 6.61 Å². The summed E-state index contributed by atoms with van der Waals surface area (Å²) in [5.74, 6) is 0. The molecule has 3 unspecified atom stereocenters. The van der Waals surface area contributed by atoms with E-state index < -0.39 is 0 Å². The van der Waals surface area contributed by atoms with Crippen molar-refractivity contribution in [1.29, 1.82) is 0 Å². The zero-order valence-corrected chi connectivity index (χ0v) is 12.4. The van der Waals surface area contributed by atoms with Gasteiger partial charge < -0.3 is 10.8 Å². The first-order valence-corrected chi connectivity index (χ1v) is 7.61. The molecule has 0 saturated carbocycles. The van der Waals surface area contributed by atoms with E-state index in [-0.39, 0.29) is 12.6 Å². The fraction of sp³-hybridized carbons (Fsp3) is 0.600. The van der Waals surface area contributed by atoms with E-state index in [1.54, 1.807) is 0 Å². The standard InChI is InChI=1S/C15H25NOS/c1-4-14(16)15(18-12(3)8-9-17)13-7-5-6-11(2)10-13/h5-7,10,12,14-15,17H,4,8-9,16H2,1-3H3. The van der Waals surface area contributed by atoms with Crippen LogP contribution in [0.4, 0.5) is 0 Å². The van der Waals surface area contributed by atoms with E-state index in [0.29, 0.717) is 10.5 Å². The van der Waals surface area contributed by atoms with Gasteiger partial charge in [0.05, 0.1) is 0 Å². The van der Waals surface area contributed by atoms with Crippen molar-refractivity contribution in [3.63, 3.8) is 0 Å². The fourth-order valence-electron chi connectivity index (χ4n) is 1.99. The molecule has 0 aromatic heterocycles. The SMILES string of the molecule is CCC(N)C(SC(C)CCO)c1cccc(C)c1. The highest BCUT2D eigenvalue weighted by Crippen LogP contribution is 2.36. The molecule has 0 aliphatic heterocycles. The van der Waals surface area contributed by atoms with E-state index in [9.17, 15) is 0 Å². The Labute approximate surface area is 115 Å². The molecular weight excluding hydrogens is 242 g/mol. The molecule has 3 atom stereocenters. The number of hydrogen-bond acceptors (Lipinski definition) is 3. The van der Waals surface area contributed by atoms with Crippen molar-refractivity contribution in [2.24, 2.45) is 5.73 Å². The molecular formula is C15H25NOS. The van der Waals surface area contributed by atoms with Crippen molar-refractivity contribution in [1.82, 2.24) is 0 Å². The van der Waals surface area contributed by atoms with Crippen LogP contribution < -0.4 is 5.73 Å². The summed E-state index contributed by atoms with van der Waals surface area (Å²) in [5.41, 5.74) is 8.84. The summed E-state index contributed by atoms with van der Waals surface area (Å²) in [6.07, 6.45) is 1.79. The number of nitrogens with two attached hydrogens (primary N) is 1. The predicted molar refractivity (Wildman–Crippen MR) is 80.9 cm³/mol. The van der Waals surface area contributed by atoms with Crippen molar-refractivity contribution in [2.45, 2.75) is 50.2 Å². The molecule has 0 saturated heterocycles. The van der Waals surface area contributed by atoms with Crippen LogP contribution in [0.5, 0.6) is 0 Å². The maximum atomic E-state index is 9.02. The largest absolute Gasteiger partial charge is 0.396 e. The summed E-state index contributed by atoms with van der Waals surface area (Å²) in [4.78, 5) is 0. The van der Waals surface area contributed by atoms with Crippen LogP contribution in [0.3, 0.4) is 0 Å². The van der Waals surface area contributed by atoms with E-state index in [1.807, 2.05) is 11.8 Å². The van der Waals surface area contributed by atoms with Gasteiger partial charge in [-0.15, -0.1) is 11.8 Å². The Morgan fingerprint density at radius 1 is 1.39 bits per heavy atom. The fourth-order valence-corrected chi connectivity index (χ4v) is 3.43. The van der Waals surface area contributed by atoms with Gasteiger partial charge in [-0.3, -0.25) is 0 Å². The lowest BCUT2D eigenvalue weighted by Gasteiger charge is -2.26. The van der Waals surface area contributed by atoms with Crippen LogP contribution in [-0.2, 0) is 0 Å². The summed E-state index contributed by atoms with van der Waals surface area (Å²) in [5, 5.41) is 9.76. The smallest absolute Gasteiger partial charge is 0.0451 e. The maximum Gasteiger partial charge on any atom is 0.0451 e. The second-order valence-electron chi connectivity index (χ2n) is 4.87. The monoisotopic (exact) mass is 267 g/mol. The lowest BCUT2D eigenvalue weighted by atomic mass is 10.0. The Bertz CT molecular complexity index is 356. The zero-order valence-electron chi connectivity index (χ0n) is 11.6. The highest BCUT2D eigenvalue weighted by atomic mass is 32.2. The Kier molecular flexibility index (Phi) is 6.76. The molecule has 0 aliphatic carbocycles. The van der Waals surface area contributed by atoms with Gasteiger partial charge in [0.25, 0.3) is 0 Å². The first-order valence-electron chi connectivity index (χ1n) is 6.67. The van der Waals surface area contributed by atoms with Crippen LogP contribution >= 0.6 is 11.8 Å². The summed E-state index contributed by atoms with van der Waals surface area (Å²) >= 11 is 1.88. The second-order valence-corrected chi connectivity index (χ2v) is 6.45. The number of aliphatic hydroxyl groups is 1. The molecule has 0 aliphatic rings. The third-order valence-corrected chi connectivity index (χ3v) is 4.76. The minimum absolute atomic E-state index is 0.165. The third-order valence-electron chi connectivity index (χ3n) is 3.15. The molecule has 0 spiro atoms. The number of benzene rings is 1. The number of hydrogen-bond donors (Lipinski definition) is 2. The molecule has 0 radical (unpaired) electrons. The van der Waals surface area contributed by atoms with Crippen LogP contribution in [0.15, 0.2) is 24.3 Å². The van der Waals surface area contributed by atoms with E-state index in [2.05, 4.69) is 45.0 Å². The van der Waals surface area contributed by atoms with Gasteiger partial charge in [-0.2, -0.15) is 0 Å². The maximum absolute atomic E-state index is 9.02. The molecule has 18 heavy (non-hydrogen) atoms. The zero-order chi connectivity index (χ0) is 13.5. The van der Waals surface area contributed by atoms with Crippen molar-refractivity contribution in [3.8, 4) is 0 Å². The summed E-state index contributed by atoms with van der Waals surface area (Å²) in [6.45, 7) is 6.65. The Morgan fingerprint density at radius 3 is 2.67 bits per heavy atom. The highest BCUT2D eigenvalue weighted by molar-refractivity contribution is 8.00. The molecule has 102 valence electrons. The van der Waals surface area contributed by atoms with Crippen molar-refractivity contribution in [3.05, 3.63) is 35.4 Å². The first-order chi connectivity index (χ1) is 8.58. The molecule has 1 rings (SSSR count). The van der Waals surface area contributed by atoms with Gasteiger partial charge in [-0.05, 0) is 25.3 Å². The van der Waals surface area contributed by atoms with Crippen LogP contribution in [0, 0.1) is 6.92 Å². The van der Waals surface area contributed by atoms with Gasteiger partial charge in [-0.1, -0.05) is 43.7 Å². The molecule has 1 aromatic rings. The minimum atomic E-state index is 0.165. The first kappa shape index (κ1) is 15.5. The number of aryl methyl sites for hydroxylation is 1. The van der Waals surface area contributed by atoms with Crippen LogP contribution in [0.2, 0.25) is 0 Å². The van der Waals surface area contributed by atoms with Gasteiger partial charge in [0.2, 0.25) is 0 Å². The van der Waals surface area contributed by atoms with Gasteiger partial charge in [0.1, 0.15) is 0 Å². The van der Waals surface area contributed by atoms with Gasteiger partial charge in [0.15, 0.2) is 0 Å². The van der Waals surface area contributed by atoms with E-state index in [1.165, 1.54) is 11.1 Å². The van der Waals surface area contributed by atoms with Crippen molar-refractivity contribution >= 4 is 11.8 Å². The second kappa shape index (κ2) is 7.82. The molecule has 3 N–H and O–H groups in total. The molecule has 3 heteroatoms. The topological polar surface area (TPSA) is 46.2 Å². The number of thioether (sulfide) groups is 1. The average molecular weight is 267 g/mol. The highest BCUT2D eigenvalue weighted by Gasteiger charge is 2.21. The molecule has 0 fully saturated rings. The van der Waals surface area contributed by atoms with E-state index >= 15 is 0 Å². The minimum Gasteiger partial charge on any atom is -0.396 e. The number of aliphatic hydroxyl groups excluding tert-OH is 1. The van der Waals surface area contributed by atoms with Gasteiger partial charge in [-0.25, -0.2) is 0 Å². The molecule has 2 nitrogen and oxygen atoms in total. The molecule has 0 amide bonds. The van der Waals surface area contributed by atoms with Crippen molar-refractivity contribution < 1.29 is 5.11 Å². The summed E-state index contributed by atoms with van der Waals surface area (Å²) < 4.78 is 0. The molecule has 0 heterocycles. The van der Waals surface area contributed by atoms with E-state index in [0.717, 1.165) is 12.8 Å². The molecule has 0 bridgehead atoms. The normalized spacial score (nSPS) is 16.3. The van der Waals surface area contributed by atoms with Crippen LogP contribution in [0.1, 0.15) is 43.1 Å².